The predicted molar refractivity (Wildman–Crippen MR) is 104 cm³/mol. The van der Waals surface area contributed by atoms with Crippen molar-refractivity contribution in [2.45, 2.75) is 19.4 Å². The van der Waals surface area contributed by atoms with Crippen LogP contribution in [-0.2, 0) is 9.59 Å². The molecule has 1 heterocycles. The first-order valence-corrected chi connectivity index (χ1v) is 8.85. The molecule has 136 valence electrons. The number of carbonyl (C=O) groups is 2. The predicted octanol–water partition coefficient (Wildman–Crippen LogP) is 4.79. The summed E-state index contributed by atoms with van der Waals surface area (Å²) >= 11 is 17.9. The van der Waals surface area contributed by atoms with Crippen molar-refractivity contribution in [1.82, 2.24) is 0 Å². The summed E-state index contributed by atoms with van der Waals surface area (Å²) in [5.74, 6) is -0.260. The van der Waals surface area contributed by atoms with Gasteiger partial charge in [0.2, 0.25) is 5.91 Å². The van der Waals surface area contributed by atoms with Crippen LogP contribution >= 0.6 is 34.8 Å². The van der Waals surface area contributed by atoms with Gasteiger partial charge >= 0.3 is 0 Å². The van der Waals surface area contributed by atoms with Crippen LogP contribution in [0.1, 0.15) is 13.8 Å². The van der Waals surface area contributed by atoms with E-state index in [1.807, 2.05) is 0 Å². The van der Waals surface area contributed by atoms with Gasteiger partial charge in [-0.15, -0.1) is 0 Å². The fourth-order valence-electron chi connectivity index (χ4n) is 2.67. The summed E-state index contributed by atoms with van der Waals surface area (Å²) in [4.78, 5) is 26.6. The first-order chi connectivity index (χ1) is 12.2. The number of nitrogens with zero attached hydrogens (tertiary/aromatic N) is 1. The number of nitrogens with one attached hydrogen (secondary N) is 1. The molecule has 0 unspecified atom stereocenters. The highest BCUT2D eigenvalue weighted by molar-refractivity contribution is 6.35. The monoisotopic (exact) mass is 412 g/mol. The fraction of sp³-hybridized carbons (Fsp3) is 0.222. The molecule has 0 spiro atoms. The lowest BCUT2D eigenvalue weighted by molar-refractivity contribution is -0.133. The molecule has 26 heavy (non-hydrogen) atoms. The second-order valence-corrected chi connectivity index (χ2v) is 7.63. The van der Waals surface area contributed by atoms with Crippen molar-refractivity contribution in [2.75, 3.05) is 16.8 Å². The fourth-order valence-corrected chi connectivity index (χ4v) is 3.36. The number of carbonyl (C=O) groups excluding carboxylic acids is 2. The van der Waals surface area contributed by atoms with Crippen molar-refractivity contribution >= 4 is 58.0 Å². The zero-order valence-corrected chi connectivity index (χ0v) is 16.2. The highest BCUT2D eigenvalue weighted by Gasteiger charge is 2.41. The zero-order chi connectivity index (χ0) is 19.1. The third-order valence-corrected chi connectivity index (χ3v) is 4.46. The molecular weight excluding hydrogens is 399 g/mol. The maximum Gasteiger partial charge on any atom is 0.271 e. The summed E-state index contributed by atoms with van der Waals surface area (Å²) < 4.78 is 5.73. The third-order valence-electron chi connectivity index (χ3n) is 3.79. The van der Waals surface area contributed by atoms with Gasteiger partial charge in [0.05, 0.1) is 5.69 Å². The summed E-state index contributed by atoms with van der Waals surface area (Å²) in [7, 11) is 0. The first kappa shape index (κ1) is 18.8. The summed E-state index contributed by atoms with van der Waals surface area (Å²) in [5, 5.41) is 3.92. The molecule has 1 N–H and O–H groups in total. The van der Waals surface area contributed by atoms with Crippen LogP contribution in [0.25, 0.3) is 0 Å². The number of hydrogen-bond acceptors (Lipinski definition) is 3. The van der Waals surface area contributed by atoms with Gasteiger partial charge in [0.25, 0.3) is 5.91 Å². The Hall–Kier alpha value is -1.95. The number of rotatable bonds is 3. The average Bonchev–Trinajstić information content (AvgIpc) is 2.51. The van der Waals surface area contributed by atoms with Crippen molar-refractivity contribution < 1.29 is 14.3 Å². The van der Waals surface area contributed by atoms with Gasteiger partial charge in [-0.1, -0.05) is 34.8 Å². The standard InChI is InChI=1S/C18H15Cl3N2O3/c1-18(2)17(25)23(14-8-10(19)3-4-15(14)26-18)9-16(24)22-13-6-11(20)5-12(21)7-13/h3-8H,9H2,1-2H3,(H,22,24). The molecule has 0 radical (unpaired) electrons. The van der Waals surface area contributed by atoms with Crippen LogP contribution in [0.15, 0.2) is 36.4 Å². The Kier molecular flexibility index (Phi) is 5.06. The van der Waals surface area contributed by atoms with Crippen molar-refractivity contribution in [1.29, 1.82) is 0 Å². The lowest BCUT2D eigenvalue weighted by Gasteiger charge is -2.38. The number of amides is 2. The molecule has 1 aliphatic rings. The van der Waals surface area contributed by atoms with Gasteiger partial charge in [0.1, 0.15) is 12.3 Å². The zero-order valence-electron chi connectivity index (χ0n) is 14.0. The van der Waals surface area contributed by atoms with E-state index in [9.17, 15) is 9.59 Å². The lowest BCUT2D eigenvalue weighted by Crippen LogP contribution is -2.54. The summed E-state index contributed by atoms with van der Waals surface area (Å²) in [5.41, 5.74) is -0.208. The van der Waals surface area contributed by atoms with E-state index in [0.29, 0.717) is 32.2 Å². The Morgan fingerprint density at radius 3 is 2.38 bits per heavy atom. The largest absolute Gasteiger partial charge is 0.476 e. The normalized spacial score (nSPS) is 15.3. The van der Waals surface area contributed by atoms with Crippen LogP contribution in [-0.4, -0.2) is 24.0 Å². The van der Waals surface area contributed by atoms with Gasteiger partial charge in [-0.25, -0.2) is 0 Å². The van der Waals surface area contributed by atoms with E-state index in [4.69, 9.17) is 39.5 Å². The Bertz CT molecular complexity index is 879. The van der Waals surface area contributed by atoms with Crippen molar-refractivity contribution in [3.8, 4) is 5.75 Å². The Labute approximate surface area is 165 Å². The van der Waals surface area contributed by atoms with Crippen molar-refractivity contribution in [2.24, 2.45) is 0 Å². The number of ether oxygens (including phenoxy) is 1. The average molecular weight is 414 g/mol. The minimum atomic E-state index is -1.10. The van der Waals surface area contributed by atoms with Crippen LogP contribution in [0.5, 0.6) is 5.75 Å². The van der Waals surface area contributed by atoms with Gasteiger partial charge < -0.3 is 10.1 Å². The first-order valence-electron chi connectivity index (χ1n) is 7.72. The van der Waals surface area contributed by atoms with Gasteiger partial charge in [-0.3, -0.25) is 14.5 Å². The molecule has 0 aromatic heterocycles. The van der Waals surface area contributed by atoms with E-state index in [2.05, 4.69) is 5.32 Å². The van der Waals surface area contributed by atoms with E-state index < -0.39 is 11.5 Å². The molecule has 0 bridgehead atoms. The van der Waals surface area contributed by atoms with Crippen molar-refractivity contribution in [3.05, 3.63) is 51.5 Å². The maximum atomic E-state index is 12.8. The molecule has 2 aromatic rings. The quantitative estimate of drug-likeness (QED) is 0.787. The molecule has 1 aliphatic heterocycles. The number of anilines is 2. The number of benzene rings is 2. The SMILES string of the molecule is CC1(C)Oc2ccc(Cl)cc2N(CC(=O)Nc2cc(Cl)cc(Cl)c2)C1=O. The van der Waals surface area contributed by atoms with Crippen LogP contribution < -0.4 is 15.0 Å². The van der Waals surface area contributed by atoms with Gasteiger partial charge in [0, 0.05) is 20.8 Å². The third kappa shape index (κ3) is 3.90. The molecule has 0 aliphatic carbocycles. The van der Waals surface area contributed by atoms with Crippen LogP contribution in [0.3, 0.4) is 0 Å². The molecule has 0 atom stereocenters. The molecule has 0 saturated carbocycles. The minimum Gasteiger partial charge on any atom is -0.476 e. The second-order valence-electron chi connectivity index (χ2n) is 6.32. The molecule has 5 nitrogen and oxygen atoms in total. The van der Waals surface area contributed by atoms with E-state index >= 15 is 0 Å². The molecule has 2 amide bonds. The molecule has 8 heteroatoms. The summed E-state index contributed by atoms with van der Waals surface area (Å²) in [6.07, 6.45) is 0. The second kappa shape index (κ2) is 6.99. The summed E-state index contributed by atoms with van der Waals surface area (Å²) in [6.45, 7) is 3.09. The lowest BCUT2D eigenvalue weighted by atomic mass is 10.0. The maximum absolute atomic E-state index is 12.8. The molecule has 0 saturated heterocycles. The molecule has 3 rings (SSSR count). The smallest absolute Gasteiger partial charge is 0.271 e. The van der Waals surface area contributed by atoms with E-state index in [-0.39, 0.29) is 12.5 Å². The minimum absolute atomic E-state index is 0.205. The number of halogens is 3. The topological polar surface area (TPSA) is 58.6 Å². The Morgan fingerprint density at radius 1 is 1.08 bits per heavy atom. The highest BCUT2D eigenvalue weighted by Crippen LogP contribution is 2.39. The van der Waals surface area contributed by atoms with Gasteiger partial charge in [-0.2, -0.15) is 0 Å². The van der Waals surface area contributed by atoms with Gasteiger partial charge in [0.15, 0.2) is 5.60 Å². The van der Waals surface area contributed by atoms with E-state index in [1.165, 1.54) is 4.90 Å². The van der Waals surface area contributed by atoms with Gasteiger partial charge in [-0.05, 0) is 50.2 Å². The van der Waals surface area contributed by atoms with Crippen molar-refractivity contribution in [3.63, 3.8) is 0 Å². The molecule has 2 aromatic carbocycles. The molecular formula is C18H15Cl3N2O3. The number of hydrogen-bond donors (Lipinski definition) is 1. The van der Waals surface area contributed by atoms with E-state index in [1.54, 1.807) is 50.2 Å². The Balaban J connectivity index is 1.86. The highest BCUT2D eigenvalue weighted by atomic mass is 35.5. The van der Waals surface area contributed by atoms with Crippen LogP contribution in [0.4, 0.5) is 11.4 Å². The summed E-state index contributed by atoms with van der Waals surface area (Å²) in [6, 6.07) is 9.63. The van der Waals surface area contributed by atoms with Crippen LogP contribution in [0.2, 0.25) is 15.1 Å². The molecule has 0 fully saturated rings. The number of fused-ring (bicyclic) bond motifs is 1. The van der Waals surface area contributed by atoms with E-state index in [0.717, 1.165) is 0 Å². The Morgan fingerprint density at radius 2 is 1.73 bits per heavy atom. The van der Waals surface area contributed by atoms with Crippen LogP contribution in [0, 0.1) is 0 Å².